The predicted molar refractivity (Wildman–Crippen MR) is 89.6 cm³/mol. The van der Waals surface area contributed by atoms with E-state index in [4.69, 9.17) is 5.73 Å². The molecule has 1 aliphatic rings. The fourth-order valence-electron chi connectivity index (χ4n) is 3.05. The molecule has 1 fully saturated rings. The number of hydrogen-bond donors (Lipinski definition) is 1. The minimum atomic E-state index is -3.51. The zero-order valence-corrected chi connectivity index (χ0v) is 15.3. The smallest absolute Gasteiger partial charge is 0.243 e. The van der Waals surface area contributed by atoms with E-state index in [2.05, 4.69) is 29.8 Å². The number of nitrogen functional groups attached to an aromatic ring is 1. The van der Waals surface area contributed by atoms with Crippen LogP contribution >= 0.6 is 15.9 Å². The molecule has 3 atom stereocenters. The molecule has 0 radical (unpaired) electrons. The van der Waals surface area contributed by atoms with Crippen molar-refractivity contribution in [1.82, 2.24) is 4.31 Å². The van der Waals surface area contributed by atoms with Gasteiger partial charge in [-0.25, -0.2) is 8.42 Å². The van der Waals surface area contributed by atoms with E-state index in [1.807, 2.05) is 6.92 Å². The van der Waals surface area contributed by atoms with Crippen molar-refractivity contribution in [3.05, 3.63) is 22.2 Å². The van der Waals surface area contributed by atoms with Gasteiger partial charge in [-0.2, -0.15) is 4.31 Å². The molecule has 1 aromatic carbocycles. The minimum absolute atomic E-state index is 0.00970. The van der Waals surface area contributed by atoms with Gasteiger partial charge >= 0.3 is 0 Å². The van der Waals surface area contributed by atoms with Crippen molar-refractivity contribution in [3.63, 3.8) is 0 Å². The summed E-state index contributed by atoms with van der Waals surface area (Å²) >= 11 is 3.34. The van der Waals surface area contributed by atoms with Crippen LogP contribution in [0.3, 0.4) is 0 Å². The Balaban J connectivity index is 2.49. The summed E-state index contributed by atoms with van der Waals surface area (Å²) in [6.07, 6.45) is 1.06. The molecule has 1 heterocycles. The fraction of sp³-hybridized carbons (Fsp3) is 0.600. The Hall–Kier alpha value is -0.590. The first-order valence-electron chi connectivity index (χ1n) is 7.22. The van der Waals surface area contributed by atoms with E-state index in [-0.39, 0.29) is 6.04 Å². The molecule has 0 bridgehead atoms. The number of anilines is 1. The number of sulfonamides is 1. The van der Waals surface area contributed by atoms with E-state index >= 15 is 0 Å². The Bertz CT molecular complexity index is 645. The van der Waals surface area contributed by atoms with E-state index in [0.29, 0.717) is 34.5 Å². The summed E-state index contributed by atoms with van der Waals surface area (Å²) < 4.78 is 28.4. The average molecular weight is 375 g/mol. The highest BCUT2D eigenvalue weighted by Gasteiger charge is 2.37. The van der Waals surface area contributed by atoms with Crippen LogP contribution in [-0.4, -0.2) is 25.3 Å². The second-order valence-corrected chi connectivity index (χ2v) is 8.99. The highest BCUT2D eigenvalue weighted by Crippen LogP contribution is 2.34. The fourth-order valence-corrected chi connectivity index (χ4v) is 5.60. The number of rotatable bonds is 2. The van der Waals surface area contributed by atoms with Gasteiger partial charge in [0.1, 0.15) is 0 Å². The van der Waals surface area contributed by atoms with E-state index in [9.17, 15) is 8.42 Å². The van der Waals surface area contributed by atoms with Gasteiger partial charge in [0, 0.05) is 22.7 Å². The van der Waals surface area contributed by atoms with E-state index in [1.165, 1.54) is 0 Å². The van der Waals surface area contributed by atoms with Gasteiger partial charge in [-0.3, -0.25) is 0 Å². The van der Waals surface area contributed by atoms with Crippen LogP contribution in [0.5, 0.6) is 0 Å². The number of aryl methyl sites for hydroxylation is 1. The van der Waals surface area contributed by atoms with Crippen LogP contribution in [-0.2, 0) is 10.0 Å². The highest BCUT2D eigenvalue weighted by molar-refractivity contribution is 9.10. The standard InChI is InChI=1S/C15H23BrN2O2S/c1-9-5-10(2)12(4)18(8-9)21(19,20)15-7-14(17)13(16)6-11(15)3/h6-7,9-10,12H,5,8,17H2,1-4H3. The largest absolute Gasteiger partial charge is 0.398 e. The lowest BCUT2D eigenvalue weighted by atomic mass is 9.88. The molecule has 0 amide bonds. The van der Waals surface area contributed by atoms with Gasteiger partial charge in [-0.15, -0.1) is 0 Å². The molecule has 0 aromatic heterocycles. The van der Waals surface area contributed by atoms with Crippen molar-refractivity contribution in [2.24, 2.45) is 11.8 Å². The first-order chi connectivity index (χ1) is 9.64. The van der Waals surface area contributed by atoms with Crippen LogP contribution in [0.2, 0.25) is 0 Å². The maximum atomic E-state index is 13.0. The SMILES string of the molecule is Cc1cc(Br)c(N)cc1S(=O)(=O)N1CC(C)CC(C)C1C. The van der Waals surface area contributed by atoms with Crippen LogP contribution < -0.4 is 5.73 Å². The first kappa shape index (κ1) is 16.8. The first-order valence-corrected chi connectivity index (χ1v) is 9.45. The molecule has 0 saturated carbocycles. The van der Waals surface area contributed by atoms with Crippen LogP contribution in [0.15, 0.2) is 21.5 Å². The molecule has 1 aliphatic heterocycles. The van der Waals surface area contributed by atoms with Crippen molar-refractivity contribution >= 4 is 31.6 Å². The third kappa shape index (κ3) is 3.12. The van der Waals surface area contributed by atoms with Crippen molar-refractivity contribution in [3.8, 4) is 0 Å². The molecule has 21 heavy (non-hydrogen) atoms. The normalized spacial score (nSPS) is 27.8. The lowest BCUT2D eigenvalue weighted by Gasteiger charge is -2.40. The van der Waals surface area contributed by atoms with Crippen LogP contribution in [0.1, 0.15) is 32.8 Å². The average Bonchev–Trinajstić information content (AvgIpc) is 2.37. The Morgan fingerprint density at radius 2 is 1.90 bits per heavy atom. The Morgan fingerprint density at radius 1 is 1.29 bits per heavy atom. The topological polar surface area (TPSA) is 63.4 Å². The van der Waals surface area contributed by atoms with Gasteiger partial charge in [0.15, 0.2) is 0 Å². The second kappa shape index (κ2) is 5.89. The summed E-state index contributed by atoms with van der Waals surface area (Å²) in [6.45, 7) is 8.59. The molecule has 118 valence electrons. The van der Waals surface area contributed by atoms with E-state index in [0.717, 1.165) is 10.9 Å². The summed E-state index contributed by atoms with van der Waals surface area (Å²) in [5.41, 5.74) is 7.04. The maximum absolute atomic E-state index is 13.0. The minimum Gasteiger partial charge on any atom is -0.398 e. The van der Waals surface area contributed by atoms with Crippen LogP contribution in [0, 0.1) is 18.8 Å². The highest BCUT2D eigenvalue weighted by atomic mass is 79.9. The number of halogens is 1. The summed E-state index contributed by atoms with van der Waals surface area (Å²) in [5, 5.41) is 0. The number of nitrogens with zero attached hydrogens (tertiary/aromatic N) is 1. The number of piperidine rings is 1. The van der Waals surface area contributed by atoms with E-state index in [1.54, 1.807) is 23.4 Å². The molecule has 4 nitrogen and oxygen atoms in total. The molecule has 1 aromatic rings. The molecule has 3 unspecified atom stereocenters. The van der Waals surface area contributed by atoms with E-state index < -0.39 is 10.0 Å². The lowest BCUT2D eigenvalue weighted by molar-refractivity contribution is 0.157. The van der Waals surface area contributed by atoms with Crippen molar-refractivity contribution < 1.29 is 8.42 Å². The van der Waals surface area contributed by atoms with Crippen molar-refractivity contribution in [1.29, 1.82) is 0 Å². The van der Waals surface area contributed by atoms with Crippen LogP contribution in [0.25, 0.3) is 0 Å². The Kier molecular flexibility index (Phi) is 4.71. The maximum Gasteiger partial charge on any atom is 0.243 e. The van der Waals surface area contributed by atoms with Gasteiger partial charge in [-0.05, 0) is 65.7 Å². The molecule has 1 saturated heterocycles. The van der Waals surface area contributed by atoms with Gasteiger partial charge in [0.25, 0.3) is 0 Å². The summed E-state index contributed by atoms with van der Waals surface area (Å²) in [5.74, 6) is 0.732. The molecule has 2 N–H and O–H groups in total. The summed E-state index contributed by atoms with van der Waals surface area (Å²) in [6, 6.07) is 3.34. The molecular formula is C15H23BrN2O2S. The number of benzene rings is 1. The van der Waals surface area contributed by atoms with Gasteiger partial charge < -0.3 is 5.73 Å². The Labute approximate surface area is 135 Å². The third-order valence-electron chi connectivity index (χ3n) is 4.42. The van der Waals surface area contributed by atoms with Gasteiger partial charge in [0.2, 0.25) is 10.0 Å². The molecule has 2 rings (SSSR count). The zero-order valence-electron chi connectivity index (χ0n) is 12.9. The second-order valence-electron chi connectivity index (χ2n) is 6.27. The summed E-state index contributed by atoms with van der Waals surface area (Å²) in [7, 11) is -3.51. The zero-order chi connectivity index (χ0) is 15.9. The predicted octanol–water partition coefficient (Wildman–Crippen LogP) is 3.39. The van der Waals surface area contributed by atoms with Gasteiger partial charge in [0.05, 0.1) is 4.90 Å². The van der Waals surface area contributed by atoms with Crippen molar-refractivity contribution in [2.45, 2.75) is 45.1 Å². The molecular weight excluding hydrogens is 352 g/mol. The Morgan fingerprint density at radius 3 is 2.52 bits per heavy atom. The third-order valence-corrected chi connectivity index (χ3v) is 7.21. The number of hydrogen-bond acceptors (Lipinski definition) is 3. The molecule has 6 heteroatoms. The number of nitrogens with two attached hydrogens (primary N) is 1. The summed E-state index contributed by atoms with van der Waals surface area (Å²) in [4.78, 5) is 0.316. The van der Waals surface area contributed by atoms with Crippen molar-refractivity contribution in [2.75, 3.05) is 12.3 Å². The molecule has 0 aliphatic carbocycles. The monoisotopic (exact) mass is 374 g/mol. The van der Waals surface area contributed by atoms with Gasteiger partial charge in [-0.1, -0.05) is 13.8 Å². The quantitative estimate of drug-likeness (QED) is 0.806. The molecule has 0 spiro atoms. The van der Waals surface area contributed by atoms with Crippen LogP contribution in [0.4, 0.5) is 5.69 Å². The lowest BCUT2D eigenvalue weighted by Crippen LogP contribution is -2.48.